The molecule has 0 aliphatic heterocycles. The number of hydrogen-bond acceptors (Lipinski definition) is 7. The Kier molecular flexibility index (Phi) is 8.41. The summed E-state index contributed by atoms with van der Waals surface area (Å²) in [5, 5.41) is 23.4. The van der Waals surface area contributed by atoms with Crippen molar-refractivity contribution < 1.29 is 27.6 Å². The lowest BCUT2D eigenvalue weighted by molar-refractivity contribution is 0.102. The van der Waals surface area contributed by atoms with Crippen molar-refractivity contribution in [3.63, 3.8) is 0 Å². The first-order chi connectivity index (χ1) is 18.5. The number of aromatic hydroxyl groups is 1. The van der Waals surface area contributed by atoms with Gasteiger partial charge in [0.05, 0.1) is 22.9 Å². The van der Waals surface area contributed by atoms with Crippen LogP contribution in [0, 0.1) is 0 Å². The molecule has 3 N–H and O–H groups in total. The number of nitrogens with one attached hydrogen (secondary N) is 1. The molecule has 0 fully saturated rings. The number of hydrogen-bond donors (Lipinski definition) is 3. The fourth-order valence-corrected chi connectivity index (χ4v) is 5.31. The summed E-state index contributed by atoms with van der Waals surface area (Å²) in [7, 11) is -4.68. The van der Waals surface area contributed by atoms with Crippen molar-refractivity contribution in [3.05, 3.63) is 81.8 Å². The second-order valence-electron chi connectivity index (χ2n) is 8.31. The first-order valence-corrected chi connectivity index (χ1v) is 13.9. The summed E-state index contributed by atoms with van der Waals surface area (Å²) in [4.78, 5) is 12.8. The van der Waals surface area contributed by atoms with E-state index in [1.54, 1.807) is 49.4 Å². The van der Waals surface area contributed by atoms with E-state index in [0.717, 1.165) is 0 Å². The Bertz CT molecular complexity index is 1720. The first kappa shape index (κ1) is 28.3. The Balaban J connectivity index is 1.84. The van der Waals surface area contributed by atoms with E-state index in [0.29, 0.717) is 23.1 Å². The fraction of sp³-hybridized carbons (Fsp3) is 0.148. The van der Waals surface area contributed by atoms with Gasteiger partial charge in [-0.25, -0.2) is 0 Å². The highest BCUT2D eigenvalue weighted by Crippen LogP contribution is 2.41. The van der Waals surface area contributed by atoms with Gasteiger partial charge in [0, 0.05) is 16.5 Å². The van der Waals surface area contributed by atoms with Crippen LogP contribution in [0.5, 0.6) is 11.5 Å². The molecular formula is C27H23Cl2N3O6S. The Morgan fingerprint density at radius 2 is 1.77 bits per heavy atom. The van der Waals surface area contributed by atoms with E-state index in [4.69, 9.17) is 27.9 Å². The summed E-state index contributed by atoms with van der Waals surface area (Å²) in [6.07, 6.45) is 0.245. The minimum absolute atomic E-state index is 0.0910. The SMILES string of the molecule is CCOc1ccc(Cl)c(NC(=O)c2cc3ccccc3c(N=Nc3cc(Cl)cc(CC)c3S(=O)(=O)O)c2O)c1. The number of phenols is 1. The van der Waals surface area contributed by atoms with Gasteiger partial charge in [0.2, 0.25) is 0 Å². The van der Waals surface area contributed by atoms with Crippen LogP contribution in [0.1, 0.15) is 29.8 Å². The number of fused-ring (bicyclic) bond motifs is 1. The van der Waals surface area contributed by atoms with Crippen molar-refractivity contribution in [2.45, 2.75) is 25.2 Å². The van der Waals surface area contributed by atoms with E-state index in [1.807, 2.05) is 6.92 Å². The van der Waals surface area contributed by atoms with Crippen molar-refractivity contribution in [2.24, 2.45) is 10.2 Å². The largest absolute Gasteiger partial charge is 0.505 e. The minimum atomic E-state index is -4.68. The van der Waals surface area contributed by atoms with Crippen molar-refractivity contribution in [3.8, 4) is 11.5 Å². The molecule has 4 rings (SSSR count). The zero-order valence-corrected chi connectivity index (χ0v) is 23.1. The number of amides is 1. The third kappa shape index (κ3) is 6.15. The number of halogens is 2. The van der Waals surface area contributed by atoms with Crippen LogP contribution in [0.3, 0.4) is 0 Å². The highest BCUT2D eigenvalue weighted by molar-refractivity contribution is 7.86. The van der Waals surface area contributed by atoms with Gasteiger partial charge in [0.15, 0.2) is 5.75 Å². The number of azo groups is 1. The number of carbonyl (C=O) groups is 1. The molecule has 0 atom stereocenters. The molecule has 0 unspecified atom stereocenters. The zero-order valence-electron chi connectivity index (χ0n) is 20.8. The molecule has 4 aromatic rings. The molecular weight excluding hydrogens is 565 g/mol. The number of rotatable bonds is 8. The number of nitrogens with zero attached hydrogens (tertiary/aromatic N) is 2. The van der Waals surface area contributed by atoms with Crippen LogP contribution in [-0.4, -0.2) is 30.6 Å². The van der Waals surface area contributed by atoms with E-state index >= 15 is 0 Å². The van der Waals surface area contributed by atoms with Gasteiger partial charge in [-0.05, 0) is 54.6 Å². The molecule has 0 heterocycles. The predicted octanol–water partition coefficient (Wildman–Crippen LogP) is 7.73. The van der Waals surface area contributed by atoms with E-state index in [9.17, 15) is 22.9 Å². The molecule has 9 nitrogen and oxygen atoms in total. The van der Waals surface area contributed by atoms with Crippen molar-refractivity contribution in [1.29, 1.82) is 0 Å². The molecule has 12 heteroatoms. The molecule has 0 radical (unpaired) electrons. The molecule has 1 amide bonds. The molecule has 0 aliphatic carbocycles. The van der Waals surface area contributed by atoms with Crippen LogP contribution >= 0.6 is 23.2 Å². The lowest BCUT2D eigenvalue weighted by atomic mass is 10.0. The van der Waals surface area contributed by atoms with Gasteiger partial charge in [-0.15, -0.1) is 10.2 Å². The lowest BCUT2D eigenvalue weighted by Gasteiger charge is -2.13. The average molecular weight is 588 g/mol. The summed E-state index contributed by atoms with van der Waals surface area (Å²) in [6.45, 7) is 3.93. The number of ether oxygens (including phenoxy) is 1. The monoisotopic (exact) mass is 587 g/mol. The zero-order chi connectivity index (χ0) is 28.3. The molecule has 0 aliphatic rings. The normalized spacial score (nSPS) is 11.7. The predicted molar refractivity (Wildman–Crippen MR) is 151 cm³/mol. The molecule has 202 valence electrons. The van der Waals surface area contributed by atoms with Gasteiger partial charge in [-0.1, -0.05) is 54.4 Å². The molecule has 39 heavy (non-hydrogen) atoms. The molecule has 0 bridgehead atoms. The quantitative estimate of drug-likeness (QED) is 0.142. The highest BCUT2D eigenvalue weighted by Gasteiger charge is 2.23. The number of aryl methyl sites for hydroxylation is 1. The van der Waals surface area contributed by atoms with Crippen LogP contribution in [-0.2, 0) is 16.5 Å². The average Bonchev–Trinajstić information content (AvgIpc) is 2.88. The molecule has 4 aromatic carbocycles. The maximum Gasteiger partial charge on any atom is 0.297 e. The summed E-state index contributed by atoms with van der Waals surface area (Å²) in [6, 6.07) is 15.7. The Labute approximate surface area is 234 Å². The van der Waals surface area contributed by atoms with Gasteiger partial charge in [0.25, 0.3) is 16.0 Å². The van der Waals surface area contributed by atoms with Crippen LogP contribution < -0.4 is 10.1 Å². The fourth-order valence-electron chi connectivity index (χ4n) is 4.01. The number of benzene rings is 4. The second kappa shape index (κ2) is 11.6. The van der Waals surface area contributed by atoms with Crippen LogP contribution in [0.2, 0.25) is 10.0 Å². The van der Waals surface area contributed by atoms with Crippen LogP contribution in [0.25, 0.3) is 10.8 Å². The van der Waals surface area contributed by atoms with Crippen molar-refractivity contribution in [2.75, 3.05) is 11.9 Å². The number of phenolic OH excluding ortho intramolecular Hbond substituents is 1. The van der Waals surface area contributed by atoms with Gasteiger partial charge in [-0.2, -0.15) is 8.42 Å². The van der Waals surface area contributed by atoms with E-state index in [1.165, 1.54) is 18.2 Å². The summed E-state index contributed by atoms with van der Waals surface area (Å²) in [5.74, 6) is -0.685. The van der Waals surface area contributed by atoms with Gasteiger partial charge in [-0.3, -0.25) is 9.35 Å². The van der Waals surface area contributed by atoms with E-state index in [2.05, 4.69) is 15.5 Å². The maximum atomic E-state index is 13.3. The maximum absolute atomic E-state index is 13.3. The summed E-state index contributed by atoms with van der Waals surface area (Å²) in [5.41, 5.74) is 0.0711. The van der Waals surface area contributed by atoms with Crippen molar-refractivity contribution >= 4 is 67.1 Å². The standard InChI is InChI=1S/C27H23Cl2N3O6S/c1-3-15-11-17(28)13-23(26(15)39(35,36)37)31-32-24-19-8-6-5-7-16(19)12-20(25(24)33)27(34)30-22-14-18(38-4-2)9-10-21(22)29/h5-14,33H,3-4H2,1-2H3,(H,30,34)(H,35,36,37). The first-order valence-electron chi connectivity index (χ1n) is 11.7. The topological polar surface area (TPSA) is 138 Å². The van der Waals surface area contributed by atoms with Crippen LogP contribution in [0.4, 0.5) is 17.1 Å². The number of carbonyl (C=O) groups excluding carboxylic acids is 1. The van der Waals surface area contributed by atoms with E-state index < -0.39 is 26.7 Å². The second-order valence-corrected chi connectivity index (χ2v) is 10.5. The Hall–Kier alpha value is -3.70. The van der Waals surface area contributed by atoms with E-state index in [-0.39, 0.29) is 44.7 Å². The van der Waals surface area contributed by atoms with Crippen LogP contribution in [0.15, 0.2) is 75.8 Å². The third-order valence-corrected chi connectivity index (χ3v) is 7.28. The van der Waals surface area contributed by atoms with Crippen molar-refractivity contribution in [1.82, 2.24) is 0 Å². The third-order valence-electron chi connectivity index (χ3n) is 5.74. The number of anilines is 1. The Morgan fingerprint density at radius 3 is 2.46 bits per heavy atom. The van der Waals surface area contributed by atoms with Gasteiger partial charge >= 0.3 is 0 Å². The summed E-state index contributed by atoms with van der Waals surface area (Å²) >= 11 is 12.4. The highest BCUT2D eigenvalue weighted by atomic mass is 35.5. The molecule has 0 saturated carbocycles. The lowest BCUT2D eigenvalue weighted by Crippen LogP contribution is -2.13. The molecule has 0 saturated heterocycles. The van der Waals surface area contributed by atoms with Gasteiger partial charge < -0.3 is 15.2 Å². The molecule has 0 spiro atoms. The summed E-state index contributed by atoms with van der Waals surface area (Å²) < 4.78 is 39.6. The van der Waals surface area contributed by atoms with Gasteiger partial charge in [0.1, 0.15) is 22.0 Å². The smallest absolute Gasteiger partial charge is 0.297 e. The Morgan fingerprint density at radius 1 is 1.03 bits per heavy atom. The molecule has 0 aromatic heterocycles. The minimum Gasteiger partial charge on any atom is -0.505 e.